The lowest BCUT2D eigenvalue weighted by molar-refractivity contribution is 0.480. The molecule has 0 aliphatic carbocycles. The van der Waals surface area contributed by atoms with E-state index in [1.54, 1.807) is 0 Å². The van der Waals surface area contributed by atoms with Crippen LogP contribution in [0.2, 0.25) is 4.34 Å². The van der Waals surface area contributed by atoms with Crippen molar-refractivity contribution in [3.8, 4) is 0 Å². The van der Waals surface area contributed by atoms with E-state index in [1.165, 1.54) is 11.3 Å². The summed E-state index contributed by atoms with van der Waals surface area (Å²) >= 11 is 10.9. The Morgan fingerprint density at radius 2 is 2.16 bits per heavy atom. The van der Waals surface area contributed by atoms with Crippen molar-refractivity contribution in [2.45, 2.75) is 6.04 Å². The summed E-state index contributed by atoms with van der Waals surface area (Å²) in [6.45, 7) is 0. The highest BCUT2D eigenvalue weighted by Gasteiger charge is 2.19. The van der Waals surface area contributed by atoms with E-state index in [-0.39, 0.29) is 6.04 Å². The zero-order valence-corrected chi connectivity index (χ0v) is 12.8. The van der Waals surface area contributed by atoms with Gasteiger partial charge < -0.3 is 4.42 Å². The van der Waals surface area contributed by atoms with Crippen molar-refractivity contribution in [3.05, 3.63) is 55.8 Å². The Labute approximate surface area is 127 Å². The highest BCUT2D eigenvalue weighted by molar-refractivity contribution is 9.10. The van der Waals surface area contributed by atoms with Gasteiger partial charge in [-0.1, -0.05) is 23.7 Å². The van der Waals surface area contributed by atoms with E-state index in [9.17, 15) is 0 Å². The molecule has 3 N–H and O–H groups in total. The smallest absolute Gasteiger partial charge is 0.148 e. The summed E-state index contributed by atoms with van der Waals surface area (Å²) in [6.07, 6.45) is 0. The predicted molar refractivity (Wildman–Crippen MR) is 82.4 cm³/mol. The van der Waals surface area contributed by atoms with Crippen LogP contribution in [0.3, 0.4) is 0 Å². The maximum atomic E-state index is 5.96. The van der Waals surface area contributed by atoms with Gasteiger partial charge in [0.05, 0.1) is 8.81 Å². The van der Waals surface area contributed by atoms with Gasteiger partial charge in [0.25, 0.3) is 0 Å². The van der Waals surface area contributed by atoms with Crippen LogP contribution in [0.5, 0.6) is 0 Å². The third-order valence-corrected chi connectivity index (χ3v) is 4.77. The number of nitrogens with one attached hydrogen (secondary N) is 1. The first-order valence-electron chi connectivity index (χ1n) is 5.58. The number of hydrogen-bond donors (Lipinski definition) is 2. The third kappa shape index (κ3) is 2.44. The quantitative estimate of drug-likeness (QED) is 0.537. The molecule has 3 aromatic rings. The third-order valence-electron chi connectivity index (χ3n) is 2.84. The molecule has 0 fully saturated rings. The molecule has 19 heavy (non-hydrogen) atoms. The summed E-state index contributed by atoms with van der Waals surface area (Å²) in [5.41, 5.74) is 3.59. The van der Waals surface area contributed by atoms with Gasteiger partial charge >= 0.3 is 0 Å². The molecule has 2 aromatic heterocycles. The first-order valence-corrected chi connectivity index (χ1v) is 7.57. The summed E-state index contributed by atoms with van der Waals surface area (Å²) in [7, 11) is 0. The number of fused-ring (bicyclic) bond motifs is 1. The minimum atomic E-state index is -0.197. The molecule has 0 spiro atoms. The second-order valence-electron chi connectivity index (χ2n) is 4.05. The fourth-order valence-electron chi connectivity index (χ4n) is 1.98. The Hall–Kier alpha value is -0.850. The normalized spacial score (nSPS) is 13.0. The zero-order chi connectivity index (χ0) is 13.4. The van der Waals surface area contributed by atoms with Crippen molar-refractivity contribution >= 4 is 49.8 Å². The SMILES string of the molecule is NNC(c1cc2cccc(Br)c2o1)c1ccc(Cl)s1. The summed E-state index contributed by atoms with van der Waals surface area (Å²) in [6, 6.07) is 11.5. The van der Waals surface area contributed by atoms with Gasteiger partial charge in [0, 0.05) is 10.3 Å². The minimum absolute atomic E-state index is 0.197. The van der Waals surface area contributed by atoms with Crippen LogP contribution >= 0.6 is 38.9 Å². The van der Waals surface area contributed by atoms with Crippen LogP contribution < -0.4 is 11.3 Å². The average molecular weight is 358 g/mol. The Morgan fingerprint density at radius 3 is 2.79 bits per heavy atom. The summed E-state index contributed by atoms with van der Waals surface area (Å²) in [5, 5.41) is 1.03. The van der Waals surface area contributed by atoms with Gasteiger partial charge in [-0.15, -0.1) is 11.3 Å². The van der Waals surface area contributed by atoms with Gasteiger partial charge in [0.15, 0.2) is 0 Å². The number of halogens is 2. The maximum Gasteiger partial charge on any atom is 0.148 e. The summed E-state index contributed by atoms with van der Waals surface area (Å²) < 4.78 is 7.55. The molecule has 1 unspecified atom stereocenters. The minimum Gasteiger partial charge on any atom is -0.458 e. The van der Waals surface area contributed by atoms with Gasteiger partial charge in [0.2, 0.25) is 0 Å². The van der Waals surface area contributed by atoms with Crippen LogP contribution in [0.1, 0.15) is 16.7 Å². The number of rotatable bonds is 3. The lowest BCUT2D eigenvalue weighted by atomic mass is 10.2. The largest absolute Gasteiger partial charge is 0.458 e. The van der Waals surface area contributed by atoms with Crippen LogP contribution in [0, 0.1) is 0 Å². The van der Waals surface area contributed by atoms with Crippen LogP contribution in [-0.2, 0) is 0 Å². The number of nitrogens with two attached hydrogens (primary N) is 1. The van der Waals surface area contributed by atoms with Gasteiger partial charge in [-0.3, -0.25) is 5.84 Å². The number of hydrogen-bond acceptors (Lipinski definition) is 4. The van der Waals surface area contributed by atoms with Gasteiger partial charge in [-0.05, 0) is 40.2 Å². The first-order chi connectivity index (χ1) is 9.19. The fourth-order valence-corrected chi connectivity index (χ4v) is 3.57. The standard InChI is InChI=1S/C13H10BrClN2OS/c14-8-3-1-2-7-6-9(18-13(7)8)12(17-16)10-4-5-11(15)19-10/h1-6,12,17H,16H2. The molecule has 0 saturated carbocycles. The molecule has 0 aliphatic rings. The van der Waals surface area contributed by atoms with Crippen LogP contribution in [0.25, 0.3) is 11.0 Å². The van der Waals surface area contributed by atoms with Crippen molar-refractivity contribution in [3.63, 3.8) is 0 Å². The van der Waals surface area contributed by atoms with E-state index in [0.717, 1.165) is 30.4 Å². The molecule has 1 atom stereocenters. The van der Waals surface area contributed by atoms with Crippen LogP contribution in [0.4, 0.5) is 0 Å². The van der Waals surface area contributed by atoms with E-state index < -0.39 is 0 Å². The van der Waals surface area contributed by atoms with Crippen molar-refractivity contribution in [2.75, 3.05) is 0 Å². The van der Waals surface area contributed by atoms with Gasteiger partial charge in [-0.2, -0.15) is 0 Å². The lowest BCUT2D eigenvalue weighted by Gasteiger charge is -2.10. The predicted octanol–water partition coefficient (Wildman–Crippen LogP) is 4.46. The van der Waals surface area contributed by atoms with E-state index in [4.69, 9.17) is 21.9 Å². The number of benzene rings is 1. The van der Waals surface area contributed by atoms with Gasteiger partial charge in [-0.25, -0.2) is 5.43 Å². The summed E-state index contributed by atoms with van der Waals surface area (Å²) in [4.78, 5) is 1.02. The number of thiophene rings is 1. The number of furan rings is 1. The molecule has 3 rings (SSSR count). The molecule has 1 aromatic carbocycles. The number of hydrazine groups is 1. The van der Waals surface area contributed by atoms with Crippen molar-refractivity contribution in [1.29, 1.82) is 0 Å². The van der Waals surface area contributed by atoms with Crippen molar-refractivity contribution < 1.29 is 4.42 Å². The highest BCUT2D eigenvalue weighted by atomic mass is 79.9. The van der Waals surface area contributed by atoms with Gasteiger partial charge in [0.1, 0.15) is 17.4 Å². The monoisotopic (exact) mass is 356 g/mol. The van der Waals surface area contributed by atoms with E-state index >= 15 is 0 Å². The molecule has 2 heterocycles. The molecular weight excluding hydrogens is 348 g/mol. The second kappa shape index (κ2) is 5.26. The highest BCUT2D eigenvalue weighted by Crippen LogP contribution is 2.35. The van der Waals surface area contributed by atoms with E-state index in [0.29, 0.717) is 0 Å². The lowest BCUT2D eigenvalue weighted by Crippen LogP contribution is -2.27. The van der Waals surface area contributed by atoms with Crippen LogP contribution in [-0.4, -0.2) is 0 Å². The molecule has 0 amide bonds. The Morgan fingerprint density at radius 1 is 1.32 bits per heavy atom. The molecule has 3 nitrogen and oxygen atoms in total. The van der Waals surface area contributed by atoms with Crippen molar-refractivity contribution in [1.82, 2.24) is 5.43 Å². The molecular formula is C13H10BrClN2OS. The molecule has 0 aliphatic heterocycles. The maximum absolute atomic E-state index is 5.96. The van der Waals surface area contributed by atoms with Crippen molar-refractivity contribution in [2.24, 2.45) is 5.84 Å². The molecule has 98 valence electrons. The first kappa shape index (κ1) is 13.1. The van der Waals surface area contributed by atoms with E-state index in [2.05, 4.69) is 21.4 Å². The Balaban J connectivity index is 2.09. The zero-order valence-electron chi connectivity index (χ0n) is 9.69. The average Bonchev–Trinajstić information content (AvgIpc) is 2.98. The molecule has 0 saturated heterocycles. The Bertz CT molecular complexity index is 724. The molecule has 0 radical (unpaired) electrons. The molecule has 6 heteroatoms. The van der Waals surface area contributed by atoms with Crippen LogP contribution in [0.15, 0.2) is 45.3 Å². The van der Waals surface area contributed by atoms with E-state index in [1.807, 2.05) is 36.4 Å². The Kier molecular flexibility index (Phi) is 3.64. The topological polar surface area (TPSA) is 51.2 Å². The fraction of sp³-hybridized carbons (Fsp3) is 0.0769. The summed E-state index contributed by atoms with van der Waals surface area (Å²) in [5.74, 6) is 6.41. The second-order valence-corrected chi connectivity index (χ2v) is 6.65. The molecule has 0 bridgehead atoms. The number of para-hydroxylation sites is 1.